The highest BCUT2D eigenvalue weighted by Crippen LogP contribution is 2.08. The van der Waals surface area contributed by atoms with Crippen LogP contribution in [-0.4, -0.2) is 4.57 Å². The Morgan fingerprint density at radius 1 is 1.17 bits per heavy atom. The fourth-order valence-electron chi connectivity index (χ4n) is 1.93. The van der Waals surface area contributed by atoms with Crippen LogP contribution in [0.5, 0.6) is 0 Å². The average Bonchev–Trinajstić information content (AvgIpc) is 2.34. The van der Waals surface area contributed by atoms with Crippen molar-refractivity contribution in [3.8, 4) is 0 Å². The maximum Gasteiger partial charge on any atom is 0.250 e. The summed E-state index contributed by atoms with van der Waals surface area (Å²) in [5, 5.41) is 0. The number of nitrogen functional groups attached to an aromatic ring is 1. The molecule has 0 amide bonds. The summed E-state index contributed by atoms with van der Waals surface area (Å²) in [4.78, 5) is 11.7. The molecule has 94 valence electrons. The minimum atomic E-state index is 0.0762. The van der Waals surface area contributed by atoms with Gasteiger partial charge in [-0.25, -0.2) is 0 Å². The van der Waals surface area contributed by atoms with E-state index in [0.29, 0.717) is 0 Å². The van der Waals surface area contributed by atoms with E-state index in [9.17, 15) is 4.79 Å². The third-order valence-corrected chi connectivity index (χ3v) is 3.00. The predicted molar refractivity (Wildman–Crippen MR) is 74.6 cm³/mol. The molecule has 0 saturated carbocycles. The van der Waals surface area contributed by atoms with Crippen LogP contribution in [0.2, 0.25) is 0 Å². The number of nitrogens with zero attached hydrogens (tertiary/aromatic N) is 1. The number of rotatable bonds is 4. The highest BCUT2D eigenvalue weighted by molar-refractivity contribution is 5.39. The van der Waals surface area contributed by atoms with Crippen LogP contribution >= 0.6 is 0 Å². The summed E-state index contributed by atoms with van der Waals surface area (Å²) in [5.74, 6) is 0. The minimum Gasteiger partial charge on any atom is -0.399 e. The zero-order valence-electron chi connectivity index (χ0n) is 10.6. The van der Waals surface area contributed by atoms with Gasteiger partial charge in [-0.1, -0.05) is 12.1 Å². The van der Waals surface area contributed by atoms with Crippen molar-refractivity contribution in [2.24, 2.45) is 0 Å². The molecule has 1 aromatic carbocycles. The fraction of sp³-hybridized carbons (Fsp3) is 0.267. The molecule has 0 bridgehead atoms. The van der Waals surface area contributed by atoms with Crippen molar-refractivity contribution in [2.75, 3.05) is 5.73 Å². The first-order chi connectivity index (χ1) is 8.65. The molecule has 1 heterocycles. The van der Waals surface area contributed by atoms with Crippen LogP contribution in [0.25, 0.3) is 0 Å². The molecule has 1 aromatic heterocycles. The molecule has 2 N–H and O–H groups in total. The molecule has 0 aliphatic heterocycles. The Balaban J connectivity index is 1.92. The van der Waals surface area contributed by atoms with Gasteiger partial charge < -0.3 is 10.3 Å². The van der Waals surface area contributed by atoms with E-state index < -0.39 is 0 Å². The number of nitrogens with two attached hydrogens (primary N) is 1. The summed E-state index contributed by atoms with van der Waals surface area (Å²) in [5.41, 5.74) is 8.76. The van der Waals surface area contributed by atoms with Crippen molar-refractivity contribution in [1.29, 1.82) is 0 Å². The molecule has 2 aromatic rings. The SMILES string of the molecule is Cc1ccn(CCCc2ccc(N)cc2)c(=O)c1. The van der Waals surface area contributed by atoms with Gasteiger partial charge in [0.1, 0.15) is 0 Å². The van der Waals surface area contributed by atoms with E-state index in [1.54, 1.807) is 10.6 Å². The summed E-state index contributed by atoms with van der Waals surface area (Å²) in [6, 6.07) is 11.5. The Morgan fingerprint density at radius 3 is 2.56 bits per heavy atom. The predicted octanol–water partition coefficient (Wildman–Crippen LogP) is 2.37. The van der Waals surface area contributed by atoms with Crippen LogP contribution in [0, 0.1) is 6.92 Å². The number of aromatic nitrogens is 1. The van der Waals surface area contributed by atoms with Gasteiger partial charge >= 0.3 is 0 Å². The lowest BCUT2D eigenvalue weighted by Gasteiger charge is -2.06. The number of anilines is 1. The Morgan fingerprint density at radius 2 is 1.89 bits per heavy atom. The van der Waals surface area contributed by atoms with E-state index >= 15 is 0 Å². The maximum atomic E-state index is 11.7. The zero-order valence-corrected chi connectivity index (χ0v) is 10.6. The van der Waals surface area contributed by atoms with Gasteiger partial charge in [0, 0.05) is 24.5 Å². The van der Waals surface area contributed by atoms with Crippen molar-refractivity contribution in [3.63, 3.8) is 0 Å². The topological polar surface area (TPSA) is 48.0 Å². The van der Waals surface area contributed by atoms with E-state index in [1.807, 2.05) is 43.5 Å². The molecular formula is C15H18N2O. The van der Waals surface area contributed by atoms with Gasteiger partial charge in [-0.2, -0.15) is 0 Å². The van der Waals surface area contributed by atoms with Gasteiger partial charge in [0.15, 0.2) is 0 Å². The van der Waals surface area contributed by atoms with Gasteiger partial charge in [0.05, 0.1) is 0 Å². The summed E-state index contributed by atoms with van der Waals surface area (Å²) < 4.78 is 1.75. The van der Waals surface area contributed by atoms with Crippen molar-refractivity contribution in [1.82, 2.24) is 4.57 Å². The van der Waals surface area contributed by atoms with Gasteiger partial charge in [-0.05, 0) is 49.1 Å². The number of pyridine rings is 1. The summed E-state index contributed by atoms with van der Waals surface area (Å²) in [6.07, 6.45) is 3.77. The lowest BCUT2D eigenvalue weighted by atomic mass is 10.1. The number of benzene rings is 1. The largest absolute Gasteiger partial charge is 0.399 e. The Kier molecular flexibility index (Phi) is 3.82. The van der Waals surface area contributed by atoms with Gasteiger partial charge in [0.25, 0.3) is 5.56 Å². The molecule has 2 rings (SSSR count). The number of hydrogen-bond donors (Lipinski definition) is 1. The molecule has 0 unspecified atom stereocenters. The minimum absolute atomic E-state index is 0.0762. The third-order valence-electron chi connectivity index (χ3n) is 3.00. The second-order valence-electron chi connectivity index (χ2n) is 4.58. The molecule has 0 atom stereocenters. The molecule has 0 aliphatic rings. The first kappa shape index (κ1) is 12.4. The molecular weight excluding hydrogens is 224 g/mol. The van der Waals surface area contributed by atoms with E-state index in [-0.39, 0.29) is 5.56 Å². The fourth-order valence-corrected chi connectivity index (χ4v) is 1.93. The Labute approximate surface area is 107 Å². The summed E-state index contributed by atoms with van der Waals surface area (Å²) in [7, 11) is 0. The quantitative estimate of drug-likeness (QED) is 0.837. The lowest BCUT2D eigenvalue weighted by Crippen LogP contribution is -2.18. The first-order valence-corrected chi connectivity index (χ1v) is 6.17. The number of hydrogen-bond acceptors (Lipinski definition) is 2. The lowest BCUT2D eigenvalue weighted by molar-refractivity contribution is 0.621. The molecule has 3 heteroatoms. The summed E-state index contributed by atoms with van der Waals surface area (Å²) >= 11 is 0. The molecule has 0 radical (unpaired) electrons. The van der Waals surface area contributed by atoms with Crippen molar-refractivity contribution in [3.05, 3.63) is 64.1 Å². The standard InChI is InChI=1S/C15H18N2O/c1-12-8-10-17(15(18)11-12)9-2-3-13-4-6-14(16)7-5-13/h4-8,10-11H,2-3,9,16H2,1H3. The third kappa shape index (κ3) is 3.23. The molecule has 3 nitrogen and oxygen atoms in total. The molecule has 0 spiro atoms. The van der Waals surface area contributed by atoms with Crippen LogP contribution in [-0.2, 0) is 13.0 Å². The Bertz CT molecular complexity index is 570. The van der Waals surface area contributed by atoms with Crippen LogP contribution in [0.3, 0.4) is 0 Å². The van der Waals surface area contributed by atoms with Gasteiger partial charge in [0.2, 0.25) is 0 Å². The van der Waals surface area contributed by atoms with Crippen LogP contribution in [0.15, 0.2) is 47.4 Å². The smallest absolute Gasteiger partial charge is 0.250 e. The molecule has 0 fully saturated rings. The number of aryl methyl sites for hydroxylation is 3. The second-order valence-corrected chi connectivity index (χ2v) is 4.58. The van der Waals surface area contributed by atoms with E-state index in [2.05, 4.69) is 0 Å². The monoisotopic (exact) mass is 242 g/mol. The highest BCUT2D eigenvalue weighted by atomic mass is 16.1. The second kappa shape index (κ2) is 5.54. The van der Waals surface area contributed by atoms with Crippen LogP contribution in [0.4, 0.5) is 5.69 Å². The van der Waals surface area contributed by atoms with Crippen LogP contribution < -0.4 is 11.3 Å². The van der Waals surface area contributed by atoms with Crippen molar-refractivity contribution < 1.29 is 0 Å². The zero-order chi connectivity index (χ0) is 13.0. The summed E-state index contributed by atoms with van der Waals surface area (Å²) in [6.45, 7) is 2.68. The van der Waals surface area contributed by atoms with Gasteiger partial charge in [-0.15, -0.1) is 0 Å². The maximum absolute atomic E-state index is 11.7. The van der Waals surface area contributed by atoms with E-state index in [4.69, 9.17) is 5.73 Å². The Hall–Kier alpha value is -2.03. The van der Waals surface area contributed by atoms with E-state index in [0.717, 1.165) is 30.6 Å². The highest BCUT2D eigenvalue weighted by Gasteiger charge is 1.97. The normalized spacial score (nSPS) is 10.5. The molecule has 18 heavy (non-hydrogen) atoms. The first-order valence-electron chi connectivity index (χ1n) is 6.17. The van der Waals surface area contributed by atoms with E-state index in [1.165, 1.54) is 5.56 Å². The van der Waals surface area contributed by atoms with Gasteiger partial charge in [-0.3, -0.25) is 4.79 Å². The van der Waals surface area contributed by atoms with Crippen LogP contribution in [0.1, 0.15) is 17.5 Å². The molecule has 0 saturated heterocycles. The van der Waals surface area contributed by atoms with Crippen molar-refractivity contribution in [2.45, 2.75) is 26.3 Å². The average molecular weight is 242 g/mol. The molecule has 0 aliphatic carbocycles. The van der Waals surface area contributed by atoms with Crippen molar-refractivity contribution >= 4 is 5.69 Å².